The number of alkyl halides is 3. The molecule has 34 heavy (non-hydrogen) atoms. The van der Waals surface area contributed by atoms with Crippen LogP contribution in [0.1, 0.15) is 45.1 Å². The van der Waals surface area contributed by atoms with Gasteiger partial charge in [0, 0.05) is 23.9 Å². The summed E-state index contributed by atoms with van der Waals surface area (Å²) < 4.78 is 46.7. The number of esters is 1. The number of halogens is 4. The number of carbonyl (C=O) groups is 4. The first-order valence-electron chi connectivity index (χ1n) is 10.6. The van der Waals surface area contributed by atoms with Crippen LogP contribution in [0.25, 0.3) is 0 Å². The highest BCUT2D eigenvalue weighted by molar-refractivity contribution is 6.31. The molecule has 0 saturated heterocycles. The molecule has 2 amide bonds. The van der Waals surface area contributed by atoms with Gasteiger partial charge in [0.25, 0.3) is 6.29 Å². The van der Waals surface area contributed by atoms with E-state index in [-0.39, 0.29) is 12.3 Å². The molecule has 12 heteroatoms. The summed E-state index contributed by atoms with van der Waals surface area (Å²) >= 11 is 6.34. The largest absolute Gasteiger partial charge is 0.471 e. The molecule has 1 aromatic rings. The second-order valence-corrected chi connectivity index (χ2v) is 8.64. The van der Waals surface area contributed by atoms with E-state index < -0.39 is 48.3 Å². The summed E-state index contributed by atoms with van der Waals surface area (Å²) in [4.78, 5) is 48.0. The monoisotopic (exact) mass is 506 g/mol. The van der Waals surface area contributed by atoms with Crippen molar-refractivity contribution in [3.63, 3.8) is 0 Å². The van der Waals surface area contributed by atoms with Gasteiger partial charge in [0.05, 0.1) is 5.41 Å². The number of ether oxygens (including phenoxy) is 2. The quantitative estimate of drug-likeness (QED) is 0.411. The van der Waals surface area contributed by atoms with Crippen molar-refractivity contribution in [2.45, 2.75) is 57.4 Å². The van der Waals surface area contributed by atoms with E-state index in [9.17, 15) is 32.3 Å². The third kappa shape index (κ3) is 7.09. The van der Waals surface area contributed by atoms with Crippen LogP contribution in [-0.4, -0.2) is 49.3 Å². The van der Waals surface area contributed by atoms with Crippen LogP contribution >= 0.6 is 11.6 Å². The van der Waals surface area contributed by atoms with Gasteiger partial charge in [-0.25, -0.2) is 4.79 Å². The van der Waals surface area contributed by atoms with Gasteiger partial charge in [0.2, 0.25) is 0 Å². The predicted octanol–water partition coefficient (Wildman–Crippen LogP) is 3.65. The highest BCUT2D eigenvalue weighted by atomic mass is 35.5. The van der Waals surface area contributed by atoms with E-state index >= 15 is 0 Å². The zero-order valence-corrected chi connectivity index (χ0v) is 19.4. The van der Waals surface area contributed by atoms with Crippen LogP contribution in [0.4, 0.5) is 18.0 Å². The fourth-order valence-corrected chi connectivity index (χ4v) is 3.91. The van der Waals surface area contributed by atoms with Crippen LogP contribution in [-0.2, 0) is 29.3 Å². The van der Waals surface area contributed by atoms with E-state index in [1.165, 1.54) is 5.32 Å². The second kappa shape index (κ2) is 11.5. The standard InChI is InChI=1S/C22H26ClF3N2O6/c1-13(2)18(33-17(30)11-27-19(31)22(24,25)26)34-20(32)28-12-21(10-6-5-9-16(21)29)14-7-3-4-8-15(14)23/h3-4,7-8,13,18H,5-6,9-12H2,1-2H3,(H,27,31)(H,28,32)/t18-,21+/m0/s1. The average molecular weight is 507 g/mol. The second-order valence-electron chi connectivity index (χ2n) is 8.23. The number of carbonyl (C=O) groups excluding carboxylic acids is 4. The Hall–Kier alpha value is -2.82. The summed E-state index contributed by atoms with van der Waals surface area (Å²) in [7, 11) is 0. The predicted molar refractivity (Wildman–Crippen MR) is 115 cm³/mol. The highest BCUT2D eigenvalue weighted by Crippen LogP contribution is 2.39. The Labute approximate surface area is 199 Å². The van der Waals surface area contributed by atoms with Gasteiger partial charge in [-0.3, -0.25) is 14.4 Å². The normalized spacial score (nSPS) is 19.3. The van der Waals surface area contributed by atoms with Crippen molar-refractivity contribution >= 4 is 35.4 Å². The fraction of sp³-hybridized carbons (Fsp3) is 0.545. The molecule has 2 atom stereocenters. The van der Waals surface area contributed by atoms with Crippen LogP contribution in [0.3, 0.4) is 0 Å². The first-order valence-corrected chi connectivity index (χ1v) is 11.0. The van der Waals surface area contributed by atoms with Crippen molar-refractivity contribution < 1.29 is 41.8 Å². The van der Waals surface area contributed by atoms with Crippen molar-refractivity contribution in [2.75, 3.05) is 13.1 Å². The number of hydrogen-bond donors (Lipinski definition) is 2. The van der Waals surface area contributed by atoms with Crippen LogP contribution in [0, 0.1) is 5.92 Å². The highest BCUT2D eigenvalue weighted by Gasteiger charge is 2.43. The van der Waals surface area contributed by atoms with Crippen molar-refractivity contribution in [3.8, 4) is 0 Å². The van der Waals surface area contributed by atoms with E-state index in [1.807, 2.05) is 0 Å². The molecule has 0 aliphatic heterocycles. The van der Waals surface area contributed by atoms with Crippen LogP contribution in [0.2, 0.25) is 5.02 Å². The van der Waals surface area contributed by atoms with Gasteiger partial charge in [-0.1, -0.05) is 50.1 Å². The average Bonchev–Trinajstić information content (AvgIpc) is 2.76. The smallest absolute Gasteiger partial charge is 0.423 e. The summed E-state index contributed by atoms with van der Waals surface area (Å²) in [5.74, 6) is -4.15. The SMILES string of the molecule is CC(C)[C@@H](OC(=O)CNC(=O)C(F)(F)F)OC(=O)NC[C@@]1(c2ccccc2Cl)CCCCC1=O. The molecule has 1 aliphatic carbocycles. The van der Waals surface area contributed by atoms with Gasteiger partial charge < -0.3 is 20.1 Å². The third-order valence-corrected chi connectivity index (χ3v) is 5.71. The first-order chi connectivity index (χ1) is 15.9. The number of Topliss-reactive ketones (excluding diaryl/α,β-unsaturated/α-hetero) is 1. The molecule has 188 valence electrons. The minimum Gasteiger partial charge on any atom is -0.423 e. The number of rotatable bonds is 8. The fourth-order valence-electron chi connectivity index (χ4n) is 3.60. The number of nitrogens with one attached hydrogen (secondary N) is 2. The minimum absolute atomic E-state index is 0.0700. The number of benzene rings is 1. The van der Waals surface area contributed by atoms with Gasteiger partial charge in [-0.05, 0) is 24.5 Å². The molecule has 1 aromatic carbocycles. The molecular weight excluding hydrogens is 481 g/mol. The molecule has 1 fully saturated rings. The molecule has 8 nitrogen and oxygen atoms in total. The zero-order chi connectivity index (χ0) is 25.5. The van der Waals surface area contributed by atoms with Crippen LogP contribution in [0.5, 0.6) is 0 Å². The maximum Gasteiger partial charge on any atom is 0.471 e. The molecular formula is C22H26ClF3N2O6. The molecule has 0 unspecified atom stereocenters. The van der Waals surface area contributed by atoms with Crippen molar-refractivity contribution in [2.24, 2.45) is 5.92 Å². The van der Waals surface area contributed by atoms with E-state index in [2.05, 4.69) is 5.32 Å². The Bertz CT molecular complexity index is 924. The summed E-state index contributed by atoms with van der Waals surface area (Å²) in [6, 6.07) is 6.86. The Morgan fingerprint density at radius 1 is 1.12 bits per heavy atom. The van der Waals surface area contributed by atoms with E-state index in [0.29, 0.717) is 23.4 Å². The molecule has 0 heterocycles. The molecule has 1 aliphatic rings. The molecule has 0 aromatic heterocycles. The molecule has 2 N–H and O–H groups in total. The van der Waals surface area contributed by atoms with Gasteiger partial charge in [-0.2, -0.15) is 13.2 Å². The third-order valence-electron chi connectivity index (χ3n) is 5.38. The lowest BCUT2D eigenvalue weighted by Crippen LogP contribution is -2.49. The van der Waals surface area contributed by atoms with E-state index in [1.54, 1.807) is 38.1 Å². The van der Waals surface area contributed by atoms with Crippen molar-refractivity contribution in [3.05, 3.63) is 34.9 Å². The van der Waals surface area contributed by atoms with Crippen molar-refractivity contribution in [1.29, 1.82) is 0 Å². The maximum atomic E-state index is 12.9. The molecule has 1 saturated carbocycles. The Morgan fingerprint density at radius 2 is 1.79 bits per heavy atom. The minimum atomic E-state index is -5.15. The first kappa shape index (κ1) is 27.4. The summed E-state index contributed by atoms with van der Waals surface area (Å²) in [6.07, 6.45) is -5.29. The van der Waals surface area contributed by atoms with Gasteiger partial charge in [0.15, 0.2) is 0 Å². The van der Waals surface area contributed by atoms with E-state index in [0.717, 1.165) is 12.8 Å². The van der Waals surface area contributed by atoms with Gasteiger partial charge in [0.1, 0.15) is 12.3 Å². The number of alkyl carbamates (subject to hydrolysis) is 1. The lowest BCUT2D eigenvalue weighted by Gasteiger charge is -2.37. The molecule has 0 radical (unpaired) electrons. The number of ketones is 1. The van der Waals surface area contributed by atoms with E-state index in [4.69, 9.17) is 21.1 Å². The van der Waals surface area contributed by atoms with Crippen LogP contribution in [0.15, 0.2) is 24.3 Å². The number of amides is 2. The van der Waals surface area contributed by atoms with Crippen LogP contribution < -0.4 is 10.6 Å². The molecule has 2 rings (SSSR count). The Kier molecular flexibility index (Phi) is 9.31. The maximum absolute atomic E-state index is 12.9. The Morgan fingerprint density at radius 3 is 2.38 bits per heavy atom. The summed E-state index contributed by atoms with van der Waals surface area (Å²) in [5, 5.41) is 4.30. The van der Waals surface area contributed by atoms with Gasteiger partial charge in [-0.15, -0.1) is 0 Å². The number of hydrogen-bond acceptors (Lipinski definition) is 6. The topological polar surface area (TPSA) is 111 Å². The van der Waals surface area contributed by atoms with Crippen molar-refractivity contribution in [1.82, 2.24) is 10.6 Å². The van der Waals surface area contributed by atoms with Gasteiger partial charge >= 0.3 is 24.1 Å². The lowest BCUT2D eigenvalue weighted by molar-refractivity contribution is -0.179. The summed E-state index contributed by atoms with van der Waals surface area (Å²) in [6.45, 7) is 1.94. The Balaban J connectivity index is 2.02. The molecule has 0 bridgehead atoms. The summed E-state index contributed by atoms with van der Waals surface area (Å²) in [5.41, 5.74) is -0.449. The zero-order valence-electron chi connectivity index (χ0n) is 18.7. The molecule has 0 spiro atoms. The lowest BCUT2D eigenvalue weighted by atomic mass is 9.68.